The Morgan fingerprint density at radius 2 is 2.00 bits per heavy atom. The molecule has 0 bridgehead atoms. The van der Waals surface area contributed by atoms with Crippen molar-refractivity contribution in [2.45, 2.75) is 25.7 Å². The zero-order valence-electron chi connectivity index (χ0n) is 7.58. The van der Waals surface area contributed by atoms with Crippen LogP contribution in [-0.2, 0) is 9.59 Å². The van der Waals surface area contributed by atoms with E-state index >= 15 is 0 Å². The predicted octanol–water partition coefficient (Wildman–Crippen LogP) is 0.932. The topological polar surface area (TPSA) is 37.4 Å². The largest absolute Gasteiger partial charge is 0.342 e. The Morgan fingerprint density at radius 1 is 1.31 bits per heavy atom. The highest BCUT2D eigenvalue weighted by atomic mass is 16.2. The number of carbonyl (C=O) groups excluding carboxylic acids is 2. The molecule has 0 atom stereocenters. The Balaban J connectivity index is 2.37. The maximum Gasteiger partial charge on any atom is 0.227 e. The lowest BCUT2D eigenvalue weighted by molar-refractivity contribution is -0.131. The number of rotatable bonds is 2. The second kappa shape index (κ2) is 5.36. The van der Waals surface area contributed by atoms with Crippen LogP contribution in [0.25, 0.3) is 0 Å². The van der Waals surface area contributed by atoms with E-state index in [1.54, 1.807) is 0 Å². The lowest BCUT2D eigenvalue weighted by Gasteiger charge is -2.26. The Labute approximate surface area is 77.7 Å². The van der Waals surface area contributed by atoms with E-state index in [0.717, 1.165) is 25.9 Å². The number of hydrogen-bond donors (Lipinski definition) is 0. The van der Waals surface area contributed by atoms with E-state index in [1.165, 1.54) is 18.4 Å². The van der Waals surface area contributed by atoms with E-state index in [2.05, 4.69) is 5.73 Å². The maximum atomic E-state index is 11.4. The predicted molar refractivity (Wildman–Crippen MR) is 48.8 cm³/mol. The van der Waals surface area contributed by atoms with Gasteiger partial charge in [0.2, 0.25) is 5.91 Å². The first kappa shape index (κ1) is 9.79. The molecule has 1 rings (SSSR count). The second-order valence-corrected chi connectivity index (χ2v) is 3.10. The molecule has 1 aliphatic heterocycles. The fourth-order valence-corrected chi connectivity index (χ4v) is 1.45. The Morgan fingerprint density at radius 3 is 2.62 bits per heavy atom. The molecule has 0 aromatic heterocycles. The van der Waals surface area contributed by atoms with E-state index in [4.69, 9.17) is 0 Å². The number of carbonyl (C=O) groups is 1. The fourth-order valence-electron chi connectivity index (χ4n) is 1.45. The van der Waals surface area contributed by atoms with Crippen LogP contribution in [0.5, 0.6) is 0 Å². The van der Waals surface area contributed by atoms with Gasteiger partial charge in [-0.15, -0.1) is 0 Å². The van der Waals surface area contributed by atoms with Gasteiger partial charge in [0.15, 0.2) is 5.94 Å². The van der Waals surface area contributed by atoms with Crippen molar-refractivity contribution in [2.75, 3.05) is 13.1 Å². The summed E-state index contributed by atoms with van der Waals surface area (Å²) in [6.07, 6.45) is 5.12. The van der Waals surface area contributed by atoms with Gasteiger partial charge in [-0.05, 0) is 31.1 Å². The molecule has 13 heavy (non-hydrogen) atoms. The maximum absolute atomic E-state index is 11.4. The molecule has 0 radical (unpaired) electrons. The summed E-state index contributed by atoms with van der Waals surface area (Å²) >= 11 is 0. The average Bonchev–Trinajstić information content (AvgIpc) is 2.19. The number of amides is 1. The van der Waals surface area contributed by atoms with Gasteiger partial charge in [-0.2, -0.15) is 0 Å². The zero-order valence-corrected chi connectivity index (χ0v) is 7.58. The molecule has 0 aromatic rings. The molecule has 0 unspecified atom stereocenters. The van der Waals surface area contributed by atoms with Gasteiger partial charge in [-0.25, -0.2) is 4.79 Å². The quantitative estimate of drug-likeness (QED) is 0.467. The molecular weight excluding hydrogens is 166 g/mol. The molecule has 1 heterocycles. The summed E-state index contributed by atoms with van der Waals surface area (Å²) in [7, 11) is 0. The van der Waals surface area contributed by atoms with Crippen LogP contribution in [0.15, 0.2) is 11.8 Å². The SMILES string of the molecule is O=C=C=CCC(=O)N1CCCCC1. The Bertz CT molecular complexity index is 254. The molecule has 1 amide bonds. The summed E-state index contributed by atoms with van der Waals surface area (Å²) in [5.74, 6) is 1.59. The first-order valence-corrected chi connectivity index (χ1v) is 4.56. The van der Waals surface area contributed by atoms with E-state index in [1.807, 2.05) is 4.90 Å². The number of hydrogen-bond acceptors (Lipinski definition) is 2. The standard InChI is InChI=1S/C10H13NO2/c12-9-5-2-6-10(13)11-7-3-1-4-8-11/h2H,1,3-4,6-8H2. The van der Waals surface area contributed by atoms with Crippen LogP contribution in [-0.4, -0.2) is 29.8 Å². The highest BCUT2D eigenvalue weighted by molar-refractivity contribution is 5.77. The third-order valence-electron chi connectivity index (χ3n) is 2.15. The van der Waals surface area contributed by atoms with Crippen LogP contribution in [0, 0.1) is 0 Å². The third-order valence-corrected chi connectivity index (χ3v) is 2.15. The van der Waals surface area contributed by atoms with Gasteiger partial charge in [0, 0.05) is 13.1 Å². The summed E-state index contributed by atoms with van der Waals surface area (Å²) in [4.78, 5) is 23.0. The van der Waals surface area contributed by atoms with Crippen molar-refractivity contribution in [3.05, 3.63) is 11.8 Å². The minimum Gasteiger partial charge on any atom is -0.342 e. The van der Waals surface area contributed by atoms with Crippen LogP contribution in [0.1, 0.15) is 25.7 Å². The summed E-state index contributed by atoms with van der Waals surface area (Å²) in [6, 6.07) is 0. The lowest BCUT2D eigenvalue weighted by atomic mass is 10.1. The van der Waals surface area contributed by atoms with Gasteiger partial charge in [-0.3, -0.25) is 4.79 Å². The molecule has 0 spiro atoms. The minimum atomic E-state index is 0.0856. The van der Waals surface area contributed by atoms with Crippen molar-refractivity contribution >= 4 is 11.8 Å². The number of likely N-dealkylation sites (tertiary alicyclic amines) is 1. The van der Waals surface area contributed by atoms with Crippen LogP contribution in [0.4, 0.5) is 0 Å². The van der Waals surface area contributed by atoms with Crippen LogP contribution in [0.2, 0.25) is 0 Å². The van der Waals surface area contributed by atoms with E-state index in [0.29, 0.717) is 0 Å². The highest BCUT2D eigenvalue weighted by Gasteiger charge is 2.14. The molecule has 0 saturated carbocycles. The van der Waals surface area contributed by atoms with Crippen molar-refractivity contribution in [1.29, 1.82) is 0 Å². The third kappa shape index (κ3) is 3.29. The van der Waals surface area contributed by atoms with Crippen LogP contribution in [0.3, 0.4) is 0 Å². The Hall–Kier alpha value is -1.30. The Kier molecular flexibility index (Phi) is 4.04. The molecule has 3 heteroatoms. The van der Waals surface area contributed by atoms with Gasteiger partial charge in [0.1, 0.15) is 0 Å². The van der Waals surface area contributed by atoms with Gasteiger partial charge in [0.25, 0.3) is 0 Å². The van der Waals surface area contributed by atoms with E-state index in [-0.39, 0.29) is 12.3 Å². The molecule has 3 nitrogen and oxygen atoms in total. The first-order chi connectivity index (χ1) is 6.34. The van der Waals surface area contributed by atoms with Crippen molar-refractivity contribution in [1.82, 2.24) is 4.90 Å². The van der Waals surface area contributed by atoms with Crippen molar-refractivity contribution in [3.8, 4) is 0 Å². The second-order valence-electron chi connectivity index (χ2n) is 3.10. The van der Waals surface area contributed by atoms with Crippen molar-refractivity contribution in [2.24, 2.45) is 0 Å². The fraction of sp³-hybridized carbons (Fsp3) is 0.600. The normalized spacial score (nSPS) is 15.8. The molecule has 70 valence electrons. The van der Waals surface area contributed by atoms with E-state index < -0.39 is 0 Å². The average molecular weight is 179 g/mol. The van der Waals surface area contributed by atoms with Gasteiger partial charge in [-0.1, -0.05) is 0 Å². The number of piperidine rings is 1. The van der Waals surface area contributed by atoms with Gasteiger partial charge < -0.3 is 4.90 Å². The molecule has 1 fully saturated rings. The van der Waals surface area contributed by atoms with Gasteiger partial charge in [0.05, 0.1) is 6.42 Å². The first-order valence-electron chi connectivity index (χ1n) is 4.56. The molecule has 1 saturated heterocycles. The van der Waals surface area contributed by atoms with Gasteiger partial charge >= 0.3 is 0 Å². The molecule has 0 aromatic carbocycles. The molecule has 0 aliphatic carbocycles. The minimum absolute atomic E-state index is 0.0856. The smallest absolute Gasteiger partial charge is 0.227 e. The highest BCUT2D eigenvalue weighted by Crippen LogP contribution is 2.09. The number of nitrogens with zero attached hydrogens (tertiary/aromatic N) is 1. The monoisotopic (exact) mass is 179 g/mol. The summed E-state index contributed by atoms with van der Waals surface area (Å²) < 4.78 is 0. The lowest BCUT2D eigenvalue weighted by Crippen LogP contribution is -2.35. The molecular formula is C10H13NO2. The summed E-state index contributed by atoms with van der Waals surface area (Å²) in [5.41, 5.74) is 2.24. The summed E-state index contributed by atoms with van der Waals surface area (Å²) in [6.45, 7) is 1.72. The molecule has 0 N–H and O–H groups in total. The van der Waals surface area contributed by atoms with Crippen LogP contribution >= 0.6 is 0 Å². The molecule has 1 aliphatic rings. The zero-order chi connectivity index (χ0) is 9.52. The summed E-state index contributed by atoms with van der Waals surface area (Å²) in [5, 5.41) is 0. The van der Waals surface area contributed by atoms with E-state index in [9.17, 15) is 9.59 Å². The van der Waals surface area contributed by atoms with Crippen LogP contribution < -0.4 is 0 Å². The van der Waals surface area contributed by atoms with Crippen molar-refractivity contribution < 1.29 is 9.59 Å². The van der Waals surface area contributed by atoms with Crippen molar-refractivity contribution in [3.63, 3.8) is 0 Å².